The van der Waals surface area contributed by atoms with Crippen molar-refractivity contribution in [2.24, 2.45) is 11.3 Å². The summed E-state index contributed by atoms with van der Waals surface area (Å²) < 4.78 is 0. The Balaban J connectivity index is 3.75. The maximum atomic E-state index is 10.9. The van der Waals surface area contributed by atoms with Crippen LogP contribution in [0.1, 0.15) is 98.3 Å². The van der Waals surface area contributed by atoms with Crippen molar-refractivity contribution in [2.75, 3.05) is 0 Å². The van der Waals surface area contributed by atoms with E-state index in [-0.39, 0.29) is 11.2 Å². The van der Waals surface area contributed by atoms with Gasteiger partial charge in [0.25, 0.3) is 0 Å². The van der Waals surface area contributed by atoms with Crippen LogP contribution >= 0.6 is 11.6 Å². The molecule has 0 radical (unpaired) electrons. The van der Waals surface area contributed by atoms with Gasteiger partial charge in [0.2, 0.25) is 5.24 Å². The predicted molar refractivity (Wildman–Crippen MR) is 127 cm³/mol. The summed E-state index contributed by atoms with van der Waals surface area (Å²) in [5, 5.41) is -0.235. The van der Waals surface area contributed by atoms with Crippen molar-refractivity contribution in [3.63, 3.8) is 0 Å². The fourth-order valence-electron chi connectivity index (χ4n) is 2.95. The number of hydrogen-bond acceptors (Lipinski definition) is 1. The van der Waals surface area contributed by atoms with Crippen LogP contribution in [0.2, 0.25) is 0 Å². The van der Waals surface area contributed by atoms with Gasteiger partial charge in [-0.3, -0.25) is 4.79 Å². The van der Waals surface area contributed by atoms with Crippen LogP contribution in [0.5, 0.6) is 0 Å². The van der Waals surface area contributed by atoms with Crippen molar-refractivity contribution in [1.82, 2.24) is 0 Å². The average Bonchev–Trinajstić information content (AvgIpc) is 2.64. The van der Waals surface area contributed by atoms with E-state index in [0.717, 1.165) is 32.1 Å². The number of rotatable bonds is 17. The highest BCUT2D eigenvalue weighted by molar-refractivity contribution is 6.63. The van der Waals surface area contributed by atoms with Crippen LogP contribution in [0.4, 0.5) is 0 Å². The van der Waals surface area contributed by atoms with Gasteiger partial charge in [-0.25, -0.2) is 0 Å². The second-order valence-corrected chi connectivity index (χ2v) is 8.83. The second-order valence-electron chi connectivity index (χ2n) is 8.46. The molecule has 0 aliphatic carbocycles. The summed E-state index contributed by atoms with van der Waals surface area (Å²) in [5.74, 6) is -0.0441. The molecule has 0 bridgehead atoms. The van der Waals surface area contributed by atoms with Gasteiger partial charge in [0, 0.05) is 5.92 Å². The fraction of sp³-hybridized carbons (Fsp3) is 0.654. The standard InChI is InChI=1S/C26H43ClO/c1-5-6-7-16-19-22-26(3,4)23-20-17-14-12-10-8-9-11-13-15-18-21-24(2)25(27)28/h8-9,12-15,20,23-24H,5-7,10-11,16-19,21-22H2,1-4H3/b9-8-,14-12-,15-13-,23-20-. The lowest BCUT2D eigenvalue weighted by molar-refractivity contribution is -0.114. The minimum absolute atomic E-state index is 0.0441. The zero-order valence-corrected chi connectivity index (χ0v) is 19.5. The molecular formula is C26H43ClO. The minimum Gasteiger partial charge on any atom is -0.281 e. The van der Waals surface area contributed by atoms with E-state index in [1.165, 1.54) is 38.5 Å². The topological polar surface area (TPSA) is 17.1 Å². The second kappa shape index (κ2) is 18.0. The first-order chi connectivity index (χ1) is 13.4. The first-order valence-corrected chi connectivity index (χ1v) is 11.6. The Morgan fingerprint density at radius 3 is 1.96 bits per heavy atom. The van der Waals surface area contributed by atoms with Crippen LogP contribution in [-0.4, -0.2) is 5.24 Å². The van der Waals surface area contributed by atoms with Crippen molar-refractivity contribution < 1.29 is 4.79 Å². The zero-order chi connectivity index (χ0) is 21.1. The molecule has 0 fully saturated rings. The van der Waals surface area contributed by atoms with E-state index in [4.69, 9.17) is 11.6 Å². The lowest BCUT2D eigenvalue weighted by atomic mass is 9.86. The molecule has 28 heavy (non-hydrogen) atoms. The largest absolute Gasteiger partial charge is 0.281 e. The third-order valence-corrected chi connectivity index (χ3v) is 5.34. The predicted octanol–water partition coefficient (Wildman–Crippen LogP) is 8.95. The first-order valence-electron chi connectivity index (χ1n) is 11.2. The third kappa shape index (κ3) is 18.3. The molecule has 0 aromatic heterocycles. The molecule has 0 rings (SSSR count). The van der Waals surface area contributed by atoms with E-state index >= 15 is 0 Å². The van der Waals surface area contributed by atoms with Crippen molar-refractivity contribution in [3.05, 3.63) is 48.6 Å². The summed E-state index contributed by atoms with van der Waals surface area (Å²) in [6.07, 6.45) is 30.6. The van der Waals surface area contributed by atoms with Crippen LogP contribution in [0.25, 0.3) is 0 Å². The normalized spacial score (nSPS) is 14.2. The molecule has 0 saturated carbocycles. The van der Waals surface area contributed by atoms with E-state index in [0.29, 0.717) is 5.41 Å². The molecule has 1 nitrogen and oxygen atoms in total. The summed E-state index contributed by atoms with van der Waals surface area (Å²) in [5.41, 5.74) is 0.321. The van der Waals surface area contributed by atoms with Crippen molar-refractivity contribution >= 4 is 16.8 Å². The maximum absolute atomic E-state index is 10.9. The van der Waals surface area contributed by atoms with Crippen LogP contribution in [-0.2, 0) is 4.79 Å². The molecule has 0 aliphatic heterocycles. The highest BCUT2D eigenvalue weighted by Crippen LogP contribution is 2.25. The molecule has 0 aromatic carbocycles. The minimum atomic E-state index is -0.235. The van der Waals surface area contributed by atoms with Crippen LogP contribution in [0.3, 0.4) is 0 Å². The Hall–Kier alpha value is -1.08. The van der Waals surface area contributed by atoms with E-state index in [1.807, 2.05) is 6.92 Å². The quantitative estimate of drug-likeness (QED) is 0.134. The lowest BCUT2D eigenvalue weighted by Gasteiger charge is -2.19. The number of carbonyl (C=O) groups excluding carboxylic acids is 1. The lowest BCUT2D eigenvalue weighted by Crippen LogP contribution is -2.06. The summed E-state index contributed by atoms with van der Waals surface area (Å²) in [6, 6.07) is 0. The summed E-state index contributed by atoms with van der Waals surface area (Å²) in [7, 11) is 0. The monoisotopic (exact) mass is 406 g/mol. The van der Waals surface area contributed by atoms with Gasteiger partial charge in [-0.2, -0.15) is 0 Å². The molecule has 0 aromatic rings. The molecule has 2 heteroatoms. The zero-order valence-electron chi connectivity index (χ0n) is 18.8. The van der Waals surface area contributed by atoms with Gasteiger partial charge in [-0.05, 0) is 55.5 Å². The van der Waals surface area contributed by atoms with Gasteiger partial charge >= 0.3 is 0 Å². The molecule has 0 spiro atoms. The van der Waals surface area contributed by atoms with Gasteiger partial charge in [-0.1, -0.05) is 108 Å². The Morgan fingerprint density at radius 1 is 0.857 bits per heavy atom. The highest BCUT2D eigenvalue weighted by Gasteiger charge is 2.12. The van der Waals surface area contributed by atoms with E-state index in [9.17, 15) is 4.79 Å². The summed E-state index contributed by atoms with van der Waals surface area (Å²) in [6.45, 7) is 8.83. The molecule has 0 saturated heterocycles. The molecule has 1 unspecified atom stereocenters. The van der Waals surface area contributed by atoms with Crippen LogP contribution in [0, 0.1) is 11.3 Å². The number of allylic oxidation sites excluding steroid dienone is 8. The van der Waals surface area contributed by atoms with Gasteiger partial charge < -0.3 is 0 Å². The van der Waals surface area contributed by atoms with Crippen molar-refractivity contribution in [1.29, 1.82) is 0 Å². The number of hydrogen-bond donors (Lipinski definition) is 0. The molecule has 160 valence electrons. The summed E-state index contributed by atoms with van der Waals surface area (Å²) >= 11 is 5.44. The molecule has 0 aliphatic rings. The Bertz CT molecular complexity index is 497. The smallest absolute Gasteiger partial charge is 0.224 e. The molecular weight excluding hydrogens is 364 g/mol. The van der Waals surface area contributed by atoms with Gasteiger partial charge in [0.1, 0.15) is 0 Å². The van der Waals surface area contributed by atoms with Gasteiger partial charge in [-0.15, -0.1) is 0 Å². The van der Waals surface area contributed by atoms with E-state index < -0.39 is 0 Å². The fourth-order valence-corrected chi connectivity index (χ4v) is 3.06. The van der Waals surface area contributed by atoms with E-state index in [1.54, 1.807) is 0 Å². The molecule has 1 atom stereocenters. The highest BCUT2D eigenvalue weighted by atomic mass is 35.5. The van der Waals surface area contributed by atoms with Crippen molar-refractivity contribution in [3.8, 4) is 0 Å². The average molecular weight is 407 g/mol. The number of unbranched alkanes of at least 4 members (excludes halogenated alkanes) is 4. The molecule has 0 amide bonds. The maximum Gasteiger partial charge on any atom is 0.224 e. The Morgan fingerprint density at radius 2 is 1.39 bits per heavy atom. The van der Waals surface area contributed by atoms with Gasteiger partial charge in [0.15, 0.2) is 0 Å². The van der Waals surface area contributed by atoms with Crippen LogP contribution in [0.15, 0.2) is 48.6 Å². The Kier molecular flexibility index (Phi) is 17.3. The van der Waals surface area contributed by atoms with Crippen LogP contribution < -0.4 is 0 Å². The van der Waals surface area contributed by atoms with Gasteiger partial charge in [0.05, 0.1) is 0 Å². The Labute approximate surface area is 180 Å². The number of carbonyl (C=O) groups is 1. The van der Waals surface area contributed by atoms with E-state index in [2.05, 4.69) is 69.4 Å². The third-order valence-electron chi connectivity index (χ3n) is 4.96. The SMILES string of the molecule is CCCCCCCC(C)(C)/C=C\C/C=C\C/C=C\C/C=C\CCC(C)C(=O)Cl. The molecule has 0 heterocycles. The number of halogens is 1. The molecule has 0 N–H and O–H groups in total. The first kappa shape index (κ1) is 26.9. The van der Waals surface area contributed by atoms with Crippen molar-refractivity contribution in [2.45, 2.75) is 98.3 Å². The summed E-state index contributed by atoms with van der Waals surface area (Å²) in [4.78, 5) is 10.9.